The molecule has 2 amide bonds. The molecule has 0 spiro atoms. The molecule has 5 aromatic rings. The number of esters is 2. The fraction of sp³-hybridized carbons (Fsp3) is 0.595. The number of nitrogens with one attached hydrogen (secondary N) is 2. The quantitative estimate of drug-likeness (QED) is 0.00634. The summed E-state index contributed by atoms with van der Waals surface area (Å²) >= 11 is 0. The van der Waals surface area contributed by atoms with Crippen molar-refractivity contribution in [1.82, 2.24) is 19.2 Å². The lowest BCUT2D eigenvalue weighted by atomic mass is 9.82. The number of para-hydroxylation sites is 1. The number of halogens is 1. The van der Waals surface area contributed by atoms with Gasteiger partial charge in [0.1, 0.15) is 41.0 Å². The van der Waals surface area contributed by atoms with Crippen LogP contribution in [0.25, 0.3) is 0 Å². The van der Waals surface area contributed by atoms with E-state index in [4.69, 9.17) is 71.2 Å². The van der Waals surface area contributed by atoms with Crippen LogP contribution in [0.3, 0.4) is 0 Å². The van der Waals surface area contributed by atoms with Gasteiger partial charge in [-0.25, -0.2) is 31.0 Å². The Morgan fingerprint density at radius 2 is 0.959 bits per heavy atom. The molecule has 4 aliphatic heterocycles. The van der Waals surface area contributed by atoms with Crippen molar-refractivity contribution in [2.24, 2.45) is 40.4 Å². The number of carbonyl (C=O) groups is 4. The Kier molecular flexibility index (Phi) is 42.6. The maximum atomic E-state index is 13.8. The number of aliphatic hydroxyl groups excluding tert-OH is 2. The van der Waals surface area contributed by atoms with Crippen molar-refractivity contribution in [2.75, 3.05) is 86.1 Å². The van der Waals surface area contributed by atoms with Crippen LogP contribution in [0.1, 0.15) is 140 Å². The van der Waals surface area contributed by atoms with Gasteiger partial charge in [-0.2, -0.15) is 8.61 Å². The Balaban J connectivity index is 0.000000337. The molecule has 9 rings (SSSR count). The predicted molar refractivity (Wildman–Crippen MR) is 463 cm³/mol. The highest BCUT2D eigenvalue weighted by molar-refractivity contribution is 14.0. The molecule has 12 atom stereocenters. The van der Waals surface area contributed by atoms with Gasteiger partial charge in [-0.3, -0.25) is 14.2 Å². The van der Waals surface area contributed by atoms with Crippen molar-refractivity contribution in [3.8, 4) is 28.7 Å². The van der Waals surface area contributed by atoms with Crippen molar-refractivity contribution in [1.29, 1.82) is 0 Å². The van der Waals surface area contributed by atoms with E-state index in [1.54, 1.807) is 78.9 Å². The fourth-order valence-corrected chi connectivity index (χ4v) is 16.9. The summed E-state index contributed by atoms with van der Waals surface area (Å²) in [5.41, 5.74) is 1.32. The number of unbranched alkanes of at least 4 members (excludes halogenated alkanes) is 1. The lowest BCUT2D eigenvalue weighted by molar-refractivity contribution is -0.155. The number of nitrogens with zero attached hydrogens (tertiary/aromatic N) is 2. The molecule has 1 unspecified atom stereocenters. The van der Waals surface area contributed by atoms with Crippen LogP contribution in [0.4, 0.5) is 9.59 Å². The van der Waals surface area contributed by atoms with Crippen molar-refractivity contribution in [3.05, 3.63) is 139 Å². The third kappa shape index (κ3) is 36.4. The summed E-state index contributed by atoms with van der Waals surface area (Å²) in [6, 6.07) is 30.9. The molecule has 7 N–H and O–H groups in total. The highest BCUT2D eigenvalue weighted by atomic mass is 127. The number of sulfonamides is 2. The van der Waals surface area contributed by atoms with Crippen molar-refractivity contribution >= 4 is 83.3 Å². The van der Waals surface area contributed by atoms with Gasteiger partial charge in [0.15, 0.2) is 25.3 Å². The summed E-state index contributed by atoms with van der Waals surface area (Å²) < 4.78 is 151. The lowest BCUT2D eigenvalue weighted by Crippen LogP contribution is -2.51. The van der Waals surface area contributed by atoms with E-state index in [-0.39, 0.29) is 162 Å². The van der Waals surface area contributed by atoms with Gasteiger partial charge in [-0.05, 0) is 165 Å². The first kappa shape index (κ1) is 105. The molecule has 4 aliphatic rings. The SMILES string of the molecule is CC(C)OC(=O)[C@H](C)C(C)(C)C.CCCCOC(=O)CC(C)(C)C.COc1ccc(S(=O)(=O)N(CC(C)C)C[C@@H](O)[C@H](Cc2ccc(OCP(=O)(O)O)cc2)NC(=O)O[C@H]2CO[C@H]3OCC[C@H]32)cc1.COc1ccc(S(=O)(=O)N(CC(C)C)C[C@@H](O)[C@H](Cc2ccc(OCP(=O)(O)Oc3ccccc3)cc2)NC(=O)O[C@H]2CO[C@H]3OCC[C@H]32)cc1.I. The third-order valence-corrected chi connectivity index (χ3v) is 24.4. The molecule has 121 heavy (non-hydrogen) atoms. The maximum Gasteiger partial charge on any atom is 0.413 e. The fourth-order valence-electron chi connectivity index (χ4n) is 12.6. The van der Waals surface area contributed by atoms with Crippen molar-refractivity contribution in [2.45, 2.75) is 207 Å². The number of aliphatic hydroxyl groups is 2. The van der Waals surface area contributed by atoms with Gasteiger partial charge in [0.2, 0.25) is 20.0 Å². The van der Waals surface area contributed by atoms with E-state index in [1.165, 1.54) is 71.4 Å². The minimum absolute atomic E-state index is 0. The standard InChI is InChI=1S/C35H45N2O12PS.C29H41N2O12PS.2C10H20O2.HI/c1-24(2)20-37(51(42,43)29-15-13-26(44-3)14-16-29)21-32(38)31(36-35(39)48-33-22-46-34-30(33)17-18-45-34)19-25-9-11-27(12-10-25)47-23-50(40,41)49-28-7-5-4-6-8-28;1-19(2)15-31(45(37,38)23-10-8-21(39-3)9-11-23)16-26(32)25(14-20-4-6-22(7-5-20)42-18-44(34,35)36)30-29(33)43-27-17-41-28-24(27)12-13-40-28;1-7(2)12-9(11)8(3)10(4,5)6;1-5-6-7-12-9(11)8-10(2,3)4;/h4-16,24,30-34,38H,17-23H2,1-3H3,(H,36,39)(H,40,41);4-11,19,24-28,32H,12-18H2,1-3H3,(H,30,33)(H2,34,35,36);7-8H,1-6H3;5-8H2,1-4H3;1H/t30-,31-,32+,33-,34+;24-,25-,26+,27-,28+;8-;;/m000../s1. The molecule has 0 bridgehead atoms. The molecule has 5 aromatic carbocycles. The van der Waals surface area contributed by atoms with Gasteiger partial charge in [-0.15, -0.1) is 24.0 Å². The van der Waals surface area contributed by atoms with Crippen LogP contribution in [-0.4, -0.2) is 216 Å². The Hall–Kier alpha value is -6.77. The number of fused-ring (bicyclic) bond motifs is 2. The monoisotopic (exact) mass is 1890 g/mol. The number of hydrogen-bond acceptors (Lipinski definition) is 25. The van der Waals surface area contributed by atoms with Gasteiger partial charge in [0.25, 0.3) is 0 Å². The van der Waals surface area contributed by atoms with Crippen LogP contribution in [-0.2, 0) is 89.5 Å². The molecular formula is C84H127IN4O28P2S2. The largest absolute Gasteiger partial charge is 0.497 e. The highest BCUT2D eigenvalue weighted by Gasteiger charge is 2.46. The number of carbonyl (C=O) groups excluding carboxylic acids is 4. The minimum Gasteiger partial charge on any atom is -0.497 e. The number of methoxy groups -OCH3 is 2. The molecule has 4 heterocycles. The Labute approximate surface area is 730 Å². The van der Waals surface area contributed by atoms with Crippen LogP contribution < -0.4 is 34.1 Å². The molecule has 32 nitrogen and oxygen atoms in total. The smallest absolute Gasteiger partial charge is 0.413 e. The number of ether oxygens (including phenoxy) is 12. The number of amides is 2. The Bertz CT molecular complexity index is 4290. The van der Waals surface area contributed by atoms with E-state index in [0.29, 0.717) is 61.7 Å². The van der Waals surface area contributed by atoms with E-state index in [9.17, 15) is 60.3 Å². The summed E-state index contributed by atoms with van der Waals surface area (Å²) in [5, 5.41) is 28.6. The highest BCUT2D eigenvalue weighted by Crippen LogP contribution is 2.43. The zero-order valence-corrected chi connectivity index (χ0v) is 77.8. The Morgan fingerprint density at radius 3 is 1.32 bits per heavy atom. The molecule has 4 fully saturated rings. The molecule has 680 valence electrons. The summed E-state index contributed by atoms with van der Waals surface area (Å²) in [4.78, 5) is 77.3. The van der Waals surface area contributed by atoms with E-state index in [1.807, 2.05) is 90.0 Å². The van der Waals surface area contributed by atoms with E-state index in [2.05, 4.69) is 17.6 Å². The first-order valence-corrected chi connectivity index (χ1v) is 46.7. The van der Waals surface area contributed by atoms with Crippen LogP contribution in [0.2, 0.25) is 0 Å². The third-order valence-electron chi connectivity index (χ3n) is 19.3. The lowest BCUT2D eigenvalue weighted by Gasteiger charge is -2.31. The summed E-state index contributed by atoms with van der Waals surface area (Å²) in [6.07, 6.45) is -3.56. The number of benzene rings is 5. The van der Waals surface area contributed by atoms with Gasteiger partial charge in [-0.1, -0.05) is 132 Å². The summed E-state index contributed by atoms with van der Waals surface area (Å²) in [5.74, 6) is 1.16. The van der Waals surface area contributed by atoms with Gasteiger partial charge in [0, 0.05) is 26.2 Å². The molecule has 0 aromatic heterocycles. The minimum atomic E-state index is -4.37. The van der Waals surface area contributed by atoms with E-state index >= 15 is 0 Å². The zero-order chi connectivity index (χ0) is 88.9. The van der Waals surface area contributed by atoms with Gasteiger partial charge < -0.3 is 96.9 Å². The number of rotatable bonds is 38. The predicted octanol–water partition coefficient (Wildman–Crippen LogP) is 12.7. The molecular weight excluding hydrogens is 1770 g/mol. The van der Waals surface area contributed by atoms with Gasteiger partial charge in [0.05, 0.1) is 112 Å². The topological polar surface area (TPSA) is 422 Å². The van der Waals surface area contributed by atoms with Crippen LogP contribution in [0.15, 0.2) is 137 Å². The average Bonchev–Trinajstić information content (AvgIpc) is 1.81. The van der Waals surface area contributed by atoms with Crippen molar-refractivity contribution < 1.29 is 131 Å². The molecule has 37 heteroatoms. The zero-order valence-electron chi connectivity index (χ0n) is 72.1. The van der Waals surface area contributed by atoms with E-state index < -0.39 is 109 Å². The normalized spacial score (nSPS) is 19.4. The Morgan fingerprint density at radius 1 is 0.554 bits per heavy atom. The molecule has 0 aliphatic carbocycles. The second-order valence-corrected chi connectivity index (χ2v) is 40.4. The molecule has 0 radical (unpaired) electrons. The van der Waals surface area contributed by atoms with Crippen LogP contribution in [0, 0.1) is 40.4 Å². The number of alkyl carbamates (subject to hydrolysis) is 2. The molecule has 0 saturated carbocycles. The first-order valence-electron chi connectivity index (χ1n) is 40.2. The second-order valence-electron chi connectivity index (χ2n) is 33.2. The van der Waals surface area contributed by atoms with Crippen LogP contribution >= 0.6 is 39.2 Å². The van der Waals surface area contributed by atoms with E-state index in [0.717, 1.165) is 12.8 Å². The van der Waals surface area contributed by atoms with Crippen LogP contribution in [0.5, 0.6) is 28.7 Å². The summed E-state index contributed by atoms with van der Waals surface area (Å²) in [6.45, 7) is 28.9. The molecule has 4 saturated heterocycles. The summed E-state index contributed by atoms with van der Waals surface area (Å²) in [7, 11) is -13.6. The second kappa shape index (κ2) is 49.2. The van der Waals surface area contributed by atoms with Crippen molar-refractivity contribution in [3.63, 3.8) is 0 Å². The number of hydrogen-bond donors (Lipinski definition) is 7. The maximum absolute atomic E-state index is 13.8. The first-order chi connectivity index (χ1) is 56.3. The average molecular weight is 1890 g/mol. The van der Waals surface area contributed by atoms with Gasteiger partial charge >= 0.3 is 39.3 Å².